The Bertz CT molecular complexity index is 924. The van der Waals surface area contributed by atoms with Gasteiger partial charge in [-0.3, -0.25) is 4.79 Å². The van der Waals surface area contributed by atoms with Crippen molar-refractivity contribution < 1.29 is 9.53 Å². The average molecular weight is 387 g/mol. The third-order valence-electron chi connectivity index (χ3n) is 3.90. The van der Waals surface area contributed by atoms with E-state index in [4.69, 9.17) is 16.3 Å². The normalized spacial score (nSPS) is 10.6. The molecule has 0 saturated heterocycles. The highest BCUT2D eigenvalue weighted by molar-refractivity contribution is 7.15. The number of nitrogens with zero attached hydrogens (tertiary/aromatic N) is 1. The van der Waals surface area contributed by atoms with E-state index in [1.807, 2.05) is 62.4 Å². The van der Waals surface area contributed by atoms with Crippen LogP contribution in [0.2, 0.25) is 5.02 Å². The van der Waals surface area contributed by atoms with Crippen molar-refractivity contribution in [2.45, 2.75) is 20.4 Å². The van der Waals surface area contributed by atoms with Crippen molar-refractivity contribution in [2.75, 3.05) is 6.61 Å². The number of nitrogens with one attached hydrogen (secondary N) is 1. The van der Waals surface area contributed by atoms with Gasteiger partial charge >= 0.3 is 0 Å². The van der Waals surface area contributed by atoms with E-state index in [0.717, 1.165) is 32.5 Å². The highest BCUT2D eigenvalue weighted by Crippen LogP contribution is 2.32. The van der Waals surface area contributed by atoms with Gasteiger partial charge in [-0.05, 0) is 31.5 Å². The molecular formula is C20H19ClN2O2S. The van der Waals surface area contributed by atoms with Crippen LogP contribution in [0.25, 0.3) is 10.6 Å². The van der Waals surface area contributed by atoms with Gasteiger partial charge in [-0.25, -0.2) is 4.98 Å². The number of hydrogen-bond acceptors (Lipinski definition) is 4. The first-order valence-corrected chi connectivity index (χ1v) is 9.40. The summed E-state index contributed by atoms with van der Waals surface area (Å²) in [6, 6.07) is 15.2. The summed E-state index contributed by atoms with van der Waals surface area (Å²) in [6.45, 7) is 4.29. The van der Waals surface area contributed by atoms with Crippen molar-refractivity contribution in [2.24, 2.45) is 0 Å². The molecule has 26 heavy (non-hydrogen) atoms. The summed E-state index contributed by atoms with van der Waals surface area (Å²) >= 11 is 7.78. The smallest absolute Gasteiger partial charge is 0.258 e. The standard InChI is InChI=1S/C20H19ClN2O2S/c1-13-7-3-6-10-17(13)25-12-19(24)22-11-18-14(2)23-20(26-18)15-8-4-5-9-16(15)21/h3-10H,11-12H2,1-2H3,(H,22,24). The molecule has 1 aromatic heterocycles. The summed E-state index contributed by atoms with van der Waals surface area (Å²) < 4.78 is 5.57. The average Bonchev–Trinajstić information content (AvgIpc) is 3.00. The zero-order valence-corrected chi connectivity index (χ0v) is 16.2. The van der Waals surface area contributed by atoms with E-state index in [2.05, 4.69) is 10.3 Å². The van der Waals surface area contributed by atoms with Crippen molar-refractivity contribution in [1.82, 2.24) is 10.3 Å². The minimum absolute atomic E-state index is 0.0138. The fourth-order valence-electron chi connectivity index (χ4n) is 2.43. The lowest BCUT2D eigenvalue weighted by atomic mass is 10.2. The lowest BCUT2D eigenvalue weighted by Crippen LogP contribution is -2.28. The first-order valence-electron chi connectivity index (χ1n) is 8.21. The van der Waals surface area contributed by atoms with Gasteiger partial charge in [-0.1, -0.05) is 48.0 Å². The molecule has 0 bridgehead atoms. The summed E-state index contributed by atoms with van der Waals surface area (Å²) in [7, 11) is 0. The summed E-state index contributed by atoms with van der Waals surface area (Å²) in [4.78, 5) is 17.7. The molecule has 0 fully saturated rings. The number of ether oxygens (including phenoxy) is 1. The molecule has 0 atom stereocenters. The Morgan fingerprint density at radius 1 is 1.15 bits per heavy atom. The quantitative estimate of drug-likeness (QED) is 0.663. The Morgan fingerprint density at radius 3 is 2.65 bits per heavy atom. The van der Waals surface area contributed by atoms with Crippen LogP contribution in [0.3, 0.4) is 0 Å². The Labute approximate surface area is 161 Å². The Balaban J connectivity index is 1.59. The molecule has 134 valence electrons. The number of halogens is 1. The molecule has 6 heteroatoms. The number of benzene rings is 2. The lowest BCUT2D eigenvalue weighted by Gasteiger charge is -2.09. The SMILES string of the molecule is Cc1ccccc1OCC(=O)NCc1sc(-c2ccccc2Cl)nc1C. The molecule has 0 aliphatic rings. The van der Waals surface area contributed by atoms with Crippen LogP contribution in [0.5, 0.6) is 5.75 Å². The predicted molar refractivity (Wildman–Crippen MR) is 106 cm³/mol. The molecule has 1 amide bonds. The molecular weight excluding hydrogens is 368 g/mol. The Kier molecular flexibility index (Phi) is 5.91. The van der Waals surface area contributed by atoms with Gasteiger partial charge in [0.2, 0.25) is 0 Å². The van der Waals surface area contributed by atoms with Gasteiger partial charge in [0.05, 0.1) is 17.3 Å². The molecule has 0 saturated carbocycles. The number of aromatic nitrogens is 1. The monoisotopic (exact) mass is 386 g/mol. The summed E-state index contributed by atoms with van der Waals surface area (Å²) in [5.41, 5.74) is 2.80. The second-order valence-electron chi connectivity index (χ2n) is 5.84. The van der Waals surface area contributed by atoms with Crippen molar-refractivity contribution in [1.29, 1.82) is 0 Å². The van der Waals surface area contributed by atoms with Gasteiger partial charge in [0, 0.05) is 10.4 Å². The molecule has 0 aliphatic carbocycles. The molecule has 1 N–H and O–H groups in total. The number of aryl methyl sites for hydroxylation is 2. The number of rotatable bonds is 6. The summed E-state index contributed by atoms with van der Waals surface area (Å²) in [5, 5.41) is 4.41. The summed E-state index contributed by atoms with van der Waals surface area (Å²) in [5.74, 6) is 0.554. The lowest BCUT2D eigenvalue weighted by molar-refractivity contribution is -0.123. The third-order valence-corrected chi connectivity index (χ3v) is 5.42. The maximum absolute atomic E-state index is 12.1. The van der Waals surface area contributed by atoms with Crippen LogP contribution >= 0.6 is 22.9 Å². The van der Waals surface area contributed by atoms with E-state index >= 15 is 0 Å². The molecule has 0 radical (unpaired) electrons. The number of carbonyl (C=O) groups is 1. The van der Waals surface area contributed by atoms with Crippen LogP contribution in [-0.4, -0.2) is 17.5 Å². The second kappa shape index (κ2) is 8.34. The fourth-order valence-corrected chi connectivity index (χ4v) is 3.76. The van der Waals surface area contributed by atoms with E-state index in [1.165, 1.54) is 11.3 Å². The van der Waals surface area contributed by atoms with E-state index in [1.54, 1.807) is 0 Å². The third kappa shape index (κ3) is 4.42. The first kappa shape index (κ1) is 18.4. The number of thiazole rings is 1. The molecule has 2 aromatic carbocycles. The molecule has 0 spiro atoms. The van der Waals surface area contributed by atoms with Gasteiger partial charge < -0.3 is 10.1 Å². The van der Waals surface area contributed by atoms with Crippen molar-refractivity contribution in [3.8, 4) is 16.3 Å². The van der Waals surface area contributed by atoms with Gasteiger partial charge in [-0.15, -0.1) is 11.3 Å². The number of para-hydroxylation sites is 1. The van der Waals surface area contributed by atoms with Crippen molar-refractivity contribution in [3.05, 3.63) is 69.7 Å². The molecule has 3 aromatic rings. The molecule has 4 nitrogen and oxygen atoms in total. The van der Waals surface area contributed by atoms with Crippen LogP contribution < -0.4 is 10.1 Å². The molecule has 0 unspecified atom stereocenters. The topological polar surface area (TPSA) is 51.2 Å². The van der Waals surface area contributed by atoms with E-state index in [-0.39, 0.29) is 12.5 Å². The molecule has 1 heterocycles. The van der Waals surface area contributed by atoms with E-state index in [9.17, 15) is 4.79 Å². The second-order valence-corrected chi connectivity index (χ2v) is 7.33. The van der Waals surface area contributed by atoms with Gasteiger partial charge in [0.1, 0.15) is 10.8 Å². The van der Waals surface area contributed by atoms with Gasteiger partial charge in [0.25, 0.3) is 5.91 Å². The number of carbonyl (C=O) groups excluding carboxylic acids is 1. The number of hydrogen-bond donors (Lipinski definition) is 1. The molecule has 0 aliphatic heterocycles. The van der Waals surface area contributed by atoms with E-state index < -0.39 is 0 Å². The Morgan fingerprint density at radius 2 is 1.88 bits per heavy atom. The van der Waals surface area contributed by atoms with Gasteiger partial charge in [0.15, 0.2) is 6.61 Å². The van der Waals surface area contributed by atoms with Crippen molar-refractivity contribution in [3.63, 3.8) is 0 Å². The largest absolute Gasteiger partial charge is 0.484 e. The number of amides is 1. The predicted octanol–water partition coefficient (Wildman–Crippen LogP) is 4.78. The zero-order chi connectivity index (χ0) is 18.5. The van der Waals surface area contributed by atoms with Gasteiger partial charge in [-0.2, -0.15) is 0 Å². The van der Waals surface area contributed by atoms with Crippen LogP contribution in [0.4, 0.5) is 0 Å². The zero-order valence-electron chi connectivity index (χ0n) is 14.6. The summed E-state index contributed by atoms with van der Waals surface area (Å²) in [6.07, 6.45) is 0. The fraction of sp³-hybridized carbons (Fsp3) is 0.200. The Hall–Kier alpha value is -2.37. The van der Waals surface area contributed by atoms with Crippen LogP contribution in [-0.2, 0) is 11.3 Å². The highest BCUT2D eigenvalue weighted by atomic mass is 35.5. The minimum atomic E-state index is -0.166. The maximum atomic E-state index is 12.1. The van der Waals surface area contributed by atoms with Crippen LogP contribution in [0, 0.1) is 13.8 Å². The van der Waals surface area contributed by atoms with Crippen LogP contribution in [0.1, 0.15) is 16.1 Å². The van der Waals surface area contributed by atoms with Crippen molar-refractivity contribution >= 4 is 28.8 Å². The highest BCUT2D eigenvalue weighted by Gasteiger charge is 2.13. The maximum Gasteiger partial charge on any atom is 0.258 e. The first-order chi connectivity index (χ1) is 12.5. The van der Waals surface area contributed by atoms with Crippen LogP contribution in [0.15, 0.2) is 48.5 Å². The van der Waals surface area contributed by atoms with E-state index in [0.29, 0.717) is 11.6 Å². The minimum Gasteiger partial charge on any atom is -0.484 e. The molecule has 3 rings (SSSR count).